The molecule has 1 heterocycles. The van der Waals surface area contributed by atoms with Crippen LogP contribution >= 0.6 is 22.9 Å². The lowest BCUT2D eigenvalue weighted by Crippen LogP contribution is -2.40. The SMILES string of the molecule is CCCN(C)C1CCN(I)CC1. The zero-order valence-electron chi connectivity index (χ0n) is 8.09. The summed E-state index contributed by atoms with van der Waals surface area (Å²) in [6.07, 6.45) is 3.97. The van der Waals surface area contributed by atoms with E-state index >= 15 is 0 Å². The minimum Gasteiger partial charge on any atom is -0.303 e. The van der Waals surface area contributed by atoms with Crippen molar-refractivity contribution in [1.29, 1.82) is 0 Å². The maximum absolute atomic E-state index is 2.52. The van der Waals surface area contributed by atoms with E-state index in [0.717, 1.165) is 6.04 Å². The van der Waals surface area contributed by atoms with Gasteiger partial charge in [-0.3, -0.25) is 0 Å². The van der Waals surface area contributed by atoms with E-state index in [1.54, 1.807) is 0 Å². The van der Waals surface area contributed by atoms with Crippen LogP contribution in [0, 0.1) is 0 Å². The lowest BCUT2D eigenvalue weighted by Gasteiger charge is -2.33. The van der Waals surface area contributed by atoms with Gasteiger partial charge in [-0.1, -0.05) is 6.92 Å². The molecule has 1 rings (SSSR count). The molecular weight excluding hydrogens is 263 g/mol. The maximum atomic E-state index is 2.52. The molecule has 12 heavy (non-hydrogen) atoms. The van der Waals surface area contributed by atoms with Crippen LogP contribution in [0.5, 0.6) is 0 Å². The third-order valence-corrected chi connectivity index (χ3v) is 3.57. The topological polar surface area (TPSA) is 6.48 Å². The van der Waals surface area contributed by atoms with Gasteiger partial charge in [-0.2, -0.15) is 0 Å². The van der Waals surface area contributed by atoms with Crippen LogP contribution < -0.4 is 0 Å². The number of nitrogens with zero attached hydrogens (tertiary/aromatic N) is 2. The zero-order chi connectivity index (χ0) is 8.97. The Balaban J connectivity index is 2.24. The van der Waals surface area contributed by atoms with Crippen LogP contribution in [-0.4, -0.2) is 40.7 Å². The maximum Gasteiger partial charge on any atom is 0.0201 e. The molecule has 0 unspecified atom stereocenters. The van der Waals surface area contributed by atoms with Crippen LogP contribution in [0.3, 0.4) is 0 Å². The molecule has 0 bridgehead atoms. The molecule has 0 radical (unpaired) electrons. The van der Waals surface area contributed by atoms with Crippen molar-refractivity contribution >= 4 is 22.9 Å². The first-order valence-corrected chi connectivity index (χ1v) is 5.81. The second kappa shape index (κ2) is 5.40. The van der Waals surface area contributed by atoms with Gasteiger partial charge in [0.05, 0.1) is 0 Å². The zero-order valence-corrected chi connectivity index (χ0v) is 10.2. The minimum absolute atomic E-state index is 0.843. The molecule has 1 aliphatic heterocycles. The predicted molar refractivity (Wildman–Crippen MR) is 61.5 cm³/mol. The number of halogens is 1. The van der Waals surface area contributed by atoms with Crippen molar-refractivity contribution in [1.82, 2.24) is 8.01 Å². The molecule has 1 aliphatic rings. The number of hydrogen-bond donors (Lipinski definition) is 0. The first-order valence-electron chi connectivity index (χ1n) is 4.85. The van der Waals surface area contributed by atoms with Crippen molar-refractivity contribution in [3.05, 3.63) is 0 Å². The molecule has 1 fully saturated rings. The molecule has 1 saturated heterocycles. The highest BCUT2D eigenvalue weighted by Crippen LogP contribution is 2.17. The fourth-order valence-corrected chi connectivity index (χ4v) is 2.37. The van der Waals surface area contributed by atoms with Crippen LogP contribution in [0.15, 0.2) is 0 Å². The first kappa shape index (κ1) is 10.7. The highest BCUT2D eigenvalue weighted by molar-refractivity contribution is 14.1. The Morgan fingerprint density at radius 2 is 2.00 bits per heavy atom. The third-order valence-electron chi connectivity index (χ3n) is 2.61. The van der Waals surface area contributed by atoms with Gasteiger partial charge in [0.1, 0.15) is 0 Å². The average Bonchev–Trinajstić information content (AvgIpc) is 2.06. The van der Waals surface area contributed by atoms with Crippen molar-refractivity contribution in [2.75, 3.05) is 26.7 Å². The minimum atomic E-state index is 0.843. The van der Waals surface area contributed by atoms with Crippen molar-refractivity contribution in [3.8, 4) is 0 Å². The smallest absolute Gasteiger partial charge is 0.0201 e. The summed E-state index contributed by atoms with van der Waals surface area (Å²) >= 11 is 2.43. The molecule has 0 aliphatic carbocycles. The Morgan fingerprint density at radius 3 is 2.50 bits per heavy atom. The molecule has 0 aromatic carbocycles. The quantitative estimate of drug-likeness (QED) is 0.578. The normalized spacial score (nSPS) is 22.0. The van der Waals surface area contributed by atoms with E-state index in [1.807, 2.05) is 0 Å². The van der Waals surface area contributed by atoms with Gasteiger partial charge < -0.3 is 4.90 Å². The first-order chi connectivity index (χ1) is 5.74. The Kier molecular flexibility index (Phi) is 4.82. The summed E-state index contributed by atoms with van der Waals surface area (Å²) in [6, 6.07) is 0.843. The molecule has 0 saturated carbocycles. The summed E-state index contributed by atoms with van der Waals surface area (Å²) < 4.78 is 2.40. The highest BCUT2D eigenvalue weighted by Gasteiger charge is 2.20. The van der Waals surface area contributed by atoms with Crippen LogP contribution in [0.2, 0.25) is 0 Å². The van der Waals surface area contributed by atoms with Crippen molar-refractivity contribution in [3.63, 3.8) is 0 Å². The Bertz CT molecular complexity index is 122. The number of hydrogen-bond acceptors (Lipinski definition) is 2. The highest BCUT2D eigenvalue weighted by atomic mass is 127. The molecule has 0 atom stereocenters. The molecule has 0 amide bonds. The summed E-state index contributed by atoms with van der Waals surface area (Å²) in [5, 5.41) is 0. The predicted octanol–water partition coefficient (Wildman–Crippen LogP) is 2.14. The third kappa shape index (κ3) is 3.18. The van der Waals surface area contributed by atoms with Crippen molar-refractivity contribution in [2.24, 2.45) is 0 Å². The molecule has 0 spiro atoms. The Morgan fingerprint density at radius 1 is 1.42 bits per heavy atom. The standard InChI is InChI=1S/C9H19IN2/c1-3-6-11(2)9-4-7-12(10)8-5-9/h9H,3-8H2,1-2H3. The van der Waals surface area contributed by atoms with Crippen LogP contribution in [-0.2, 0) is 0 Å². The van der Waals surface area contributed by atoms with E-state index in [1.165, 1.54) is 38.9 Å². The summed E-state index contributed by atoms with van der Waals surface area (Å²) in [5.74, 6) is 0. The fraction of sp³-hybridized carbons (Fsp3) is 1.00. The molecule has 3 heteroatoms. The Labute approximate surface area is 89.8 Å². The van der Waals surface area contributed by atoms with Gasteiger partial charge in [0.2, 0.25) is 0 Å². The van der Waals surface area contributed by atoms with E-state index in [0.29, 0.717) is 0 Å². The fourth-order valence-electron chi connectivity index (χ4n) is 1.81. The van der Waals surface area contributed by atoms with Gasteiger partial charge in [0.25, 0.3) is 0 Å². The van der Waals surface area contributed by atoms with E-state index in [9.17, 15) is 0 Å². The molecule has 0 aromatic heterocycles. The summed E-state index contributed by atoms with van der Waals surface area (Å²) in [6.45, 7) is 6.04. The monoisotopic (exact) mass is 282 g/mol. The van der Waals surface area contributed by atoms with E-state index in [4.69, 9.17) is 0 Å². The summed E-state index contributed by atoms with van der Waals surface area (Å²) in [7, 11) is 2.26. The van der Waals surface area contributed by atoms with Gasteiger partial charge in [0, 0.05) is 42.0 Å². The lowest BCUT2D eigenvalue weighted by molar-refractivity contribution is 0.179. The Hall–Kier alpha value is 0.650. The molecule has 2 nitrogen and oxygen atoms in total. The summed E-state index contributed by atoms with van der Waals surface area (Å²) in [4.78, 5) is 2.52. The van der Waals surface area contributed by atoms with Gasteiger partial charge in [-0.15, -0.1) is 0 Å². The van der Waals surface area contributed by atoms with Gasteiger partial charge >= 0.3 is 0 Å². The van der Waals surface area contributed by atoms with Crippen LogP contribution in [0.25, 0.3) is 0 Å². The second-order valence-electron chi connectivity index (χ2n) is 3.62. The van der Waals surface area contributed by atoms with Crippen LogP contribution in [0.1, 0.15) is 26.2 Å². The van der Waals surface area contributed by atoms with E-state index in [-0.39, 0.29) is 0 Å². The number of rotatable bonds is 3. The van der Waals surface area contributed by atoms with Crippen molar-refractivity contribution < 1.29 is 0 Å². The molecular formula is C9H19IN2. The lowest BCUT2D eigenvalue weighted by atomic mass is 10.1. The molecule has 0 N–H and O–H groups in total. The van der Waals surface area contributed by atoms with Crippen molar-refractivity contribution in [2.45, 2.75) is 32.2 Å². The van der Waals surface area contributed by atoms with Gasteiger partial charge in [-0.25, -0.2) is 3.11 Å². The second-order valence-corrected chi connectivity index (χ2v) is 4.99. The van der Waals surface area contributed by atoms with Gasteiger partial charge in [-0.05, 0) is 32.9 Å². The largest absolute Gasteiger partial charge is 0.303 e. The van der Waals surface area contributed by atoms with E-state index in [2.05, 4.69) is 44.8 Å². The molecule has 72 valence electrons. The summed E-state index contributed by atoms with van der Waals surface area (Å²) in [5.41, 5.74) is 0. The molecule has 0 aromatic rings. The van der Waals surface area contributed by atoms with Gasteiger partial charge in [0.15, 0.2) is 0 Å². The van der Waals surface area contributed by atoms with Crippen LogP contribution in [0.4, 0.5) is 0 Å². The van der Waals surface area contributed by atoms with E-state index < -0.39 is 0 Å². The number of piperidine rings is 1. The average molecular weight is 282 g/mol.